The molecule has 0 saturated carbocycles. The predicted octanol–water partition coefficient (Wildman–Crippen LogP) is 2.66. The van der Waals surface area contributed by atoms with Crippen LogP contribution in [0.5, 0.6) is 0 Å². The second kappa shape index (κ2) is 4.97. The van der Waals surface area contributed by atoms with Crippen molar-refractivity contribution in [2.75, 3.05) is 0 Å². The van der Waals surface area contributed by atoms with E-state index >= 15 is 0 Å². The van der Waals surface area contributed by atoms with Crippen molar-refractivity contribution in [2.24, 2.45) is 5.73 Å². The van der Waals surface area contributed by atoms with Crippen LogP contribution in [0.4, 0.5) is 4.39 Å². The standard InChI is InChI=1S/C12H10FN3S/c13-8-2-1-3-9(6-8)17-10-4-5-11(12(14)15)16-7-10/h1-7H,(H3,14,15). The fraction of sp³-hybridized carbons (Fsp3) is 0. The van der Waals surface area contributed by atoms with Crippen molar-refractivity contribution in [1.29, 1.82) is 5.41 Å². The lowest BCUT2D eigenvalue weighted by atomic mass is 10.3. The van der Waals surface area contributed by atoms with Gasteiger partial charge in [-0.15, -0.1) is 0 Å². The summed E-state index contributed by atoms with van der Waals surface area (Å²) >= 11 is 1.41. The lowest BCUT2D eigenvalue weighted by Gasteiger charge is -2.02. The zero-order valence-electron chi connectivity index (χ0n) is 8.85. The number of hydrogen-bond acceptors (Lipinski definition) is 3. The molecule has 0 bridgehead atoms. The number of halogens is 1. The Morgan fingerprint density at radius 2 is 2.06 bits per heavy atom. The van der Waals surface area contributed by atoms with E-state index in [-0.39, 0.29) is 11.7 Å². The predicted molar refractivity (Wildman–Crippen MR) is 65.8 cm³/mol. The van der Waals surface area contributed by atoms with Crippen molar-refractivity contribution >= 4 is 17.6 Å². The Morgan fingerprint density at radius 1 is 1.24 bits per heavy atom. The van der Waals surface area contributed by atoms with Crippen LogP contribution in [0.25, 0.3) is 0 Å². The van der Waals surface area contributed by atoms with Crippen molar-refractivity contribution in [3.8, 4) is 0 Å². The zero-order valence-corrected chi connectivity index (χ0v) is 9.67. The summed E-state index contributed by atoms with van der Waals surface area (Å²) in [5, 5.41) is 7.21. The highest BCUT2D eigenvalue weighted by atomic mass is 32.2. The van der Waals surface area contributed by atoms with Crippen LogP contribution in [0.15, 0.2) is 52.4 Å². The first kappa shape index (κ1) is 11.6. The van der Waals surface area contributed by atoms with Crippen LogP contribution in [-0.4, -0.2) is 10.8 Å². The average Bonchev–Trinajstić information content (AvgIpc) is 2.29. The third-order valence-corrected chi connectivity index (χ3v) is 3.01. The maximum absolute atomic E-state index is 13.0. The molecule has 0 fully saturated rings. The van der Waals surface area contributed by atoms with E-state index in [1.165, 1.54) is 23.9 Å². The number of aromatic nitrogens is 1. The van der Waals surface area contributed by atoms with Gasteiger partial charge in [-0.1, -0.05) is 17.8 Å². The van der Waals surface area contributed by atoms with Gasteiger partial charge in [-0.25, -0.2) is 4.39 Å². The maximum Gasteiger partial charge on any atom is 0.141 e. The van der Waals surface area contributed by atoms with Crippen LogP contribution < -0.4 is 5.73 Å². The molecule has 0 aliphatic heterocycles. The number of amidine groups is 1. The highest BCUT2D eigenvalue weighted by Gasteiger charge is 2.01. The summed E-state index contributed by atoms with van der Waals surface area (Å²) in [6, 6.07) is 9.83. The molecule has 86 valence electrons. The molecule has 1 aromatic heterocycles. The van der Waals surface area contributed by atoms with E-state index in [4.69, 9.17) is 11.1 Å². The van der Waals surface area contributed by atoms with E-state index in [1.54, 1.807) is 24.4 Å². The Balaban J connectivity index is 2.16. The Labute approximate surface area is 102 Å². The Morgan fingerprint density at radius 3 is 2.65 bits per heavy atom. The third kappa shape index (κ3) is 3.04. The van der Waals surface area contributed by atoms with Gasteiger partial charge in [-0.05, 0) is 30.3 Å². The van der Waals surface area contributed by atoms with Crippen LogP contribution in [0.2, 0.25) is 0 Å². The molecule has 3 N–H and O–H groups in total. The van der Waals surface area contributed by atoms with Crippen LogP contribution in [0, 0.1) is 11.2 Å². The Hall–Kier alpha value is -1.88. The van der Waals surface area contributed by atoms with Gasteiger partial charge in [0, 0.05) is 16.0 Å². The van der Waals surface area contributed by atoms with Gasteiger partial charge in [-0.3, -0.25) is 10.4 Å². The topological polar surface area (TPSA) is 62.8 Å². The van der Waals surface area contributed by atoms with Gasteiger partial charge in [0.2, 0.25) is 0 Å². The quantitative estimate of drug-likeness (QED) is 0.647. The first-order valence-corrected chi connectivity index (χ1v) is 5.70. The number of rotatable bonds is 3. The lowest BCUT2D eigenvalue weighted by molar-refractivity contribution is 0.624. The molecule has 2 aromatic rings. The molecular weight excluding hydrogens is 237 g/mol. The van der Waals surface area contributed by atoms with Gasteiger partial charge >= 0.3 is 0 Å². The fourth-order valence-corrected chi connectivity index (χ4v) is 2.10. The van der Waals surface area contributed by atoms with Gasteiger partial charge in [0.15, 0.2) is 0 Å². The van der Waals surface area contributed by atoms with E-state index < -0.39 is 0 Å². The molecular formula is C12H10FN3S. The molecule has 0 saturated heterocycles. The van der Waals surface area contributed by atoms with E-state index in [2.05, 4.69) is 4.98 Å². The molecule has 2 rings (SSSR count). The number of benzene rings is 1. The molecule has 1 heterocycles. The maximum atomic E-state index is 13.0. The summed E-state index contributed by atoms with van der Waals surface area (Å²) in [5.74, 6) is -0.323. The molecule has 0 spiro atoms. The van der Waals surface area contributed by atoms with Crippen LogP contribution in [0.3, 0.4) is 0 Å². The summed E-state index contributed by atoms with van der Waals surface area (Å²) in [7, 11) is 0. The Bertz CT molecular complexity index is 540. The van der Waals surface area contributed by atoms with Crippen molar-refractivity contribution in [1.82, 2.24) is 4.98 Å². The monoisotopic (exact) mass is 247 g/mol. The zero-order chi connectivity index (χ0) is 12.3. The molecule has 5 heteroatoms. The second-order valence-corrected chi connectivity index (χ2v) is 4.50. The lowest BCUT2D eigenvalue weighted by Crippen LogP contribution is -2.12. The number of pyridine rings is 1. The first-order valence-electron chi connectivity index (χ1n) is 4.89. The fourth-order valence-electron chi connectivity index (χ4n) is 1.27. The normalized spacial score (nSPS) is 10.2. The van der Waals surface area contributed by atoms with Crippen LogP contribution in [-0.2, 0) is 0 Å². The summed E-state index contributed by atoms with van der Waals surface area (Å²) in [4.78, 5) is 5.72. The highest BCUT2D eigenvalue weighted by molar-refractivity contribution is 7.99. The van der Waals surface area contributed by atoms with E-state index in [0.29, 0.717) is 5.69 Å². The molecule has 0 aliphatic carbocycles. The molecule has 0 radical (unpaired) electrons. The minimum atomic E-state index is -0.261. The van der Waals surface area contributed by atoms with Crippen LogP contribution >= 0.6 is 11.8 Å². The summed E-state index contributed by atoms with van der Waals surface area (Å²) in [6.45, 7) is 0. The number of nitrogens with two attached hydrogens (primary N) is 1. The Kier molecular flexibility index (Phi) is 3.39. The van der Waals surface area contributed by atoms with E-state index in [1.807, 2.05) is 6.07 Å². The second-order valence-electron chi connectivity index (χ2n) is 3.35. The van der Waals surface area contributed by atoms with Gasteiger partial charge in [0.05, 0.1) is 0 Å². The SMILES string of the molecule is N=C(N)c1ccc(Sc2cccc(F)c2)cn1. The van der Waals surface area contributed by atoms with Gasteiger partial charge in [0.1, 0.15) is 17.3 Å². The summed E-state index contributed by atoms with van der Waals surface area (Å²) in [6.07, 6.45) is 1.62. The summed E-state index contributed by atoms with van der Waals surface area (Å²) in [5.41, 5.74) is 5.74. The number of nitrogens with one attached hydrogen (secondary N) is 1. The third-order valence-electron chi connectivity index (χ3n) is 2.04. The minimum absolute atomic E-state index is 0.0627. The van der Waals surface area contributed by atoms with Gasteiger partial charge < -0.3 is 5.73 Å². The number of hydrogen-bond donors (Lipinski definition) is 2. The van der Waals surface area contributed by atoms with E-state index in [0.717, 1.165) is 9.79 Å². The highest BCUT2D eigenvalue weighted by Crippen LogP contribution is 2.27. The van der Waals surface area contributed by atoms with Crippen molar-refractivity contribution < 1.29 is 4.39 Å². The molecule has 17 heavy (non-hydrogen) atoms. The van der Waals surface area contributed by atoms with Gasteiger partial charge in [-0.2, -0.15) is 0 Å². The summed E-state index contributed by atoms with van der Waals surface area (Å²) < 4.78 is 13.0. The minimum Gasteiger partial charge on any atom is -0.382 e. The number of nitrogens with zero attached hydrogens (tertiary/aromatic N) is 1. The van der Waals surface area contributed by atoms with Crippen molar-refractivity contribution in [2.45, 2.75) is 9.79 Å². The molecule has 0 unspecified atom stereocenters. The molecule has 0 amide bonds. The molecule has 3 nitrogen and oxygen atoms in total. The largest absolute Gasteiger partial charge is 0.382 e. The first-order chi connectivity index (χ1) is 8.15. The molecule has 1 aromatic carbocycles. The van der Waals surface area contributed by atoms with Gasteiger partial charge in [0.25, 0.3) is 0 Å². The van der Waals surface area contributed by atoms with Crippen LogP contribution in [0.1, 0.15) is 5.69 Å². The van der Waals surface area contributed by atoms with Crippen molar-refractivity contribution in [3.05, 3.63) is 54.1 Å². The van der Waals surface area contributed by atoms with Crippen molar-refractivity contribution in [3.63, 3.8) is 0 Å². The number of nitrogen functional groups attached to an aromatic ring is 1. The molecule has 0 aliphatic rings. The smallest absolute Gasteiger partial charge is 0.141 e. The van der Waals surface area contributed by atoms with E-state index in [9.17, 15) is 4.39 Å². The average molecular weight is 247 g/mol. The molecule has 0 atom stereocenters.